The zero-order chi connectivity index (χ0) is 28.7. The molecule has 2 atom stereocenters. The molecule has 1 amide bonds. The molecular formula is C31H57N2O5P. The summed E-state index contributed by atoms with van der Waals surface area (Å²) in [5.41, 5.74) is -0.969. The molecule has 226 valence electrons. The minimum Gasteiger partial charge on any atom is -0.360 e. The molecule has 39 heavy (non-hydrogen) atoms. The van der Waals surface area contributed by atoms with Crippen LogP contribution in [-0.2, 0) is 19.2 Å². The number of hydrogen-bond acceptors (Lipinski definition) is 6. The van der Waals surface area contributed by atoms with Crippen LogP contribution in [0.4, 0.5) is 0 Å². The number of amides is 1. The standard InChI is InChI=1S/C31H57N2O5P/c1-3-4-5-6-7-8-9-10-11-12-13-14-15-16-20-29(35)25-28(32-27(2)34)26-31(37)39(38)30(36)21-19-24-33-22-17-18-23-33/h28,38H,3-26H2,1-2H3,(H,32,34). The van der Waals surface area contributed by atoms with Crippen LogP contribution in [0.3, 0.4) is 0 Å². The van der Waals surface area contributed by atoms with Gasteiger partial charge in [-0.15, -0.1) is 0 Å². The predicted octanol–water partition coefficient (Wildman–Crippen LogP) is 7.03. The Labute approximate surface area is 239 Å². The van der Waals surface area contributed by atoms with Gasteiger partial charge < -0.3 is 15.1 Å². The Kier molecular flexibility index (Phi) is 21.6. The molecule has 1 aliphatic heterocycles. The first-order chi connectivity index (χ1) is 18.8. The number of carbonyl (C=O) groups is 4. The number of nitrogens with zero attached hydrogens (tertiary/aromatic N) is 1. The second-order valence-corrected chi connectivity index (χ2v) is 13.1. The van der Waals surface area contributed by atoms with E-state index in [4.69, 9.17) is 0 Å². The van der Waals surface area contributed by atoms with Crippen LogP contribution in [0.15, 0.2) is 0 Å². The maximum Gasteiger partial charge on any atom is 0.217 e. The quantitative estimate of drug-likeness (QED) is 0.0858. The summed E-state index contributed by atoms with van der Waals surface area (Å²) < 4.78 is 0. The maximum atomic E-state index is 12.6. The van der Waals surface area contributed by atoms with Crippen LogP contribution in [0.25, 0.3) is 0 Å². The summed E-state index contributed by atoms with van der Waals surface area (Å²) >= 11 is 0. The van der Waals surface area contributed by atoms with Crippen molar-refractivity contribution >= 4 is 30.9 Å². The lowest BCUT2D eigenvalue weighted by atomic mass is 10.0. The number of hydrogen-bond donors (Lipinski definition) is 2. The fourth-order valence-electron chi connectivity index (χ4n) is 5.36. The number of unbranched alkanes of at least 4 members (excludes halogenated alkanes) is 13. The van der Waals surface area contributed by atoms with E-state index in [1.54, 1.807) is 0 Å². The van der Waals surface area contributed by atoms with Crippen LogP contribution in [0.1, 0.15) is 149 Å². The van der Waals surface area contributed by atoms with Gasteiger partial charge in [0, 0.05) is 38.6 Å². The van der Waals surface area contributed by atoms with Crippen LogP contribution >= 0.6 is 8.15 Å². The molecular weight excluding hydrogens is 511 g/mol. The van der Waals surface area contributed by atoms with Gasteiger partial charge in [0.1, 0.15) is 5.78 Å². The summed E-state index contributed by atoms with van der Waals surface area (Å²) in [7, 11) is -2.40. The molecule has 0 spiro atoms. The highest BCUT2D eigenvalue weighted by Gasteiger charge is 2.28. The highest BCUT2D eigenvalue weighted by Crippen LogP contribution is 2.36. The molecule has 0 saturated carbocycles. The Morgan fingerprint density at radius 3 is 1.74 bits per heavy atom. The highest BCUT2D eigenvalue weighted by atomic mass is 31.1. The molecule has 1 rings (SSSR count). The first-order valence-corrected chi connectivity index (χ1v) is 17.2. The molecule has 7 nitrogen and oxygen atoms in total. The molecule has 1 heterocycles. The van der Waals surface area contributed by atoms with Crippen molar-refractivity contribution in [2.24, 2.45) is 0 Å². The summed E-state index contributed by atoms with van der Waals surface area (Å²) in [6.07, 6.45) is 21.1. The van der Waals surface area contributed by atoms with Gasteiger partial charge in [0.2, 0.25) is 5.91 Å². The second kappa shape index (κ2) is 23.5. The van der Waals surface area contributed by atoms with Gasteiger partial charge in [0.15, 0.2) is 19.2 Å². The van der Waals surface area contributed by atoms with E-state index in [1.807, 2.05) is 0 Å². The van der Waals surface area contributed by atoms with Crippen LogP contribution < -0.4 is 5.32 Å². The van der Waals surface area contributed by atoms with Crippen molar-refractivity contribution in [2.75, 3.05) is 19.6 Å². The molecule has 2 N–H and O–H groups in total. The number of Topliss-reactive ketones (excluding diaryl/α,β-unsaturated/α-hetero) is 1. The minimum atomic E-state index is -2.40. The molecule has 0 aliphatic carbocycles. The van der Waals surface area contributed by atoms with Crippen LogP contribution in [0.5, 0.6) is 0 Å². The van der Waals surface area contributed by atoms with E-state index in [-0.39, 0.29) is 31.0 Å². The van der Waals surface area contributed by atoms with Crippen molar-refractivity contribution in [3.8, 4) is 0 Å². The average molecular weight is 569 g/mol. The van der Waals surface area contributed by atoms with Crippen molar-refractivity contribution in [3.63, 3.8) is 0 Å². The lowest BCUT2D eigenvalue weighted by molar-refractivity contribution is -0.122. The van der Waals surface area contributed by atoms with Crippen LogP contribution in [0.2, 0.25) is 0 Å². The molecule has 0 aromatic rings. The Balaban J connectivity index is 2.16. The van der Waals surface area contributed by atoms with Crippen molar-refractivity contribution in [1.82, 2.24) is 10.2 Å². The molecule has 0 aromatic heterocycles. The predicted molar refractivity (Wildman–Crippen MR) is 161 cm³/mol. The van der Waals surface area contributed by atoms with Gasteiger partial charge in [-0.05, 0) is 45.3 Å². The summed E-state index contributed by atoms with van der Waals surface area (Å²) in [4.78, 5) is 61.6. The number of rotatable bonds is 26. The Hall–Kier alpha value is -1.17. The van der Waals surface area contributed by atoms with E-state index < -0.39 is 25.2 Å². The second-order valence-electron chi connectivity index (χ2n) is 11.4. The van der Waals surface area contributed by atoms with Crippen molar-refractivity contribution < 1.29 is 24.1 Å². The third-order valence-corrected chi connectivity index (χ3v) is 9.00. The first kappa shape index (κ1) is 35.9. The smallest absolute Gasteiger partial charge is 0.217 e. The molecule has 1 aliphatic rings. The SMILES string of the molecule is CCCCCCCCCCCCCCCCC(=O)CC(CC(=O)P(O)C(=O)CCCN1CCCC1)NC(C)=O. The van der Waals surface area contributed by atoms with Crippen LogP contribution in [-0.4, -0.2) is 58.2 Å². The number of likely N-dealkylation sites (tertiary alicyclic amines) is 1. The number of nitrogens with one attached hydrogen (secondary N) is 1. The zero-order valence-corrected chi connectivity index (χ0v) is 25.9. The van der Waals surface area contributed by atoms with Crippen molar-refractivity contribution in [1.29, 1.82) is 0 Å². The summed E-state index contributed by atoms with van der Waals surface area (Å²) in [6.45, 7) is 6.51. The lowest BCUT2D eigenvalue weighted by Gasteiger charge is -2.18. The first-order valence-electron chi connectivity index (χ1n) is 15.9. The third kappa shape index (κ3) is 19.5. The van der Waals surface area contributed by atoms with Gasteiger partial charge in [0.05, 0.1) is 0 Å². The number of carbonyl (C=O) groups excluding carboxylic acids is 4. The topological polar surface area (TPSA) is 104 Å². The molecule has 0 radical (unpaired) electrons. The average Bonchev–Trinajstić information content (AvgIpc) is 3.41. The van der Waals surface area contributed by atoms with E-state index in [1.165, 1.54) is 90.4 Å². The van der Waals surface area contributed by atoms with E-state index in [2.05, 4.69) is 17.1 Å². The Morgan fingerprint density at radius 1 is 0.718 bits per heavy atom. The fraction of sp³-hybridized carbons (Fsp3) is 0.871. The van der Waals surface area contributed by atoms with Gasteiger partial charge >= 0.3 is 0 Å². The minimum absolute atomic E-state index is 0.0136. The summed E-state index contributed by atoms with van der Waals surface area (Å²) in [5, 5.41) is 2.67. The Bertz CT molecular complexity index is 696. The van der Waals surface area contributed by atoms with Gasteiger partial charge in [-0.1, -0.05) is 90.4 Å². The van der Waals surface area contributed by atoms with Gasteiger partial charge in [0.25, 0.3) is 0 Å². The molecule has 8 heteroatoms. The van der Waals surface area contributed by atoms with Crippen LogP contribution in [0, 0.1) is 0 Å². The maximum absolute atomic E-state index is 12.6. The fourth-order valence-corrected chi connectivity index (χ4v) is 6.40. The van der Waals surface area contributed by atoms with E-state index in [0.29, 0.717) is 12.8 Å². The number of ketones is 1. The lowest BCUT2D eigenvalue weighted by Crippen LogP contribution is -2.36. The Morgan fingerprint density at radius 2 is 1.23 bits per heavy atom. The monoisotopic (exact) mass is 568 g/mol. The molecule has 2 unspecified atom stereocenters. The van der Waals surface area contributed by atoms with Crippen molar-refractivity contribution in [3.05, 3.63) is 0 Å². The van der Waals surface area contributed by atoms with E-state index >= 15 is 0 Å². The molecule has 1 saturated heterocycles. The zero-order valence-electron chi connectivity index (χ0n) is 25.0. The van der Waals surface area contributed by atoms with Gasteiger partial charge in [-0.25, -0.2) is 0 Å². The molecule has 1 fully saturated rings. The van der Waals surface area contributed by atoms with E-state index in [9.17, 15) is 24.1 Å². The van der Waals surface area contributed by atoms with Crippen molar-refractivity contribution in [2.45, 2.75) is 155 Å². The van der Waals surface area contributed by atoms with E-state index in [0.717, 1.165) is 38.9 Å². The van der Waals surface area contributed by atoms with Gasteiger partial charge in [-0.3, -0.25) is 19.2 Å². The molecule has 0 aromatic carbocycles. The highest BCUT2D eigenvalue weighted by molar-refractivity contribution is 7.84. The third-order valence-electron chi connectivity index (χ3n) is 7.65. The normalized spacial score (nSPS) is 15.3. The molecule has 0 bridgehead atoms. The summed E-state index contributed by atoms with van der Waals surface area (Å²) in [6, 6.07) is -0.663. The van der Waals surface area contributed by atoms with Gasteiger partial charge in [-0.2, -0.15) is 0 Å². The summed E-state index contributed by atoms with van der Waals surface area (Å²) in [5.74, 6) is -0.309. The largest absolute Gasteiger partial charge is 0.360 e.